The van der Waals surface area contributed by atoms with E-state index in [-0.39, 0.29) is 22.5 Å². The predicted octanol–water partition coefficient (Wildman–Crippen LogP) is 18.1. The maximum absolute atomic E-state index is 15.2. The third kappa shape index (κ3) is 6.38. The van der Waals surface area contributed by atoms with Crippen molar-refractivity contribution in [1.82, 2.24) is 8.80 Å². The highest BCUT2D eigenvalue weighted by molar-refractivity contribution is 6.32. The standard InChI is InChI=1S/C63H52F2N4/c1-9-11-19-42(10-2)66(44-22-15-17-40(64)34-44)54-30-26-46-48-36-57-49(37-56(48)68-52-28-24-38(62(3,4)5)32-50(52)58(54)60(46)68)47-27-31-55(67(43-20-13-12-14-21-43)45-23-16-18-41(65)35-45)59-51-33-39(63(6,7)8)25-29-53(51)69(57)61(47)59/h9-37H,1H2,2-8H3/b19-11-,42-10+. The van der Waals surface area contributed by atoms with Gasteiger partial charge < -0.3 is 18.6 Å². The van der Waals surface area contributed by atoms with Crippen molar-refractivity contribution in [3.05, 3.63) is 211 Å². The van der Waals surface area contributed by atoms with Gasteiger partial charge in [0.15, 0.2) is 0 Å². The Bertz CT molecular complexity index is 4100. The largest absolute Gasteiger partial charge is 0.310 e. The molecular formula is C63H52F2N4. The molecule has 69 heavy (non-hydrogen) atoms. The Balaban J connectivity index is 1.22. The second-order valence-corrected chi connectivity index (χ2v) is 20.5. The first-order chi connectivity index (χ1) is 33.2. The number of benzene rings is 8. The van der Waals surface area contributed by atoms with Crippen LogP contribution in [0.5, 0.6) is 0 Å². The van der Waals surface area contributed by atoms with E-state index in [0.29, 0.717) is 0 Å². The van der Waals surface area contributed by atoms with Crippen molar-refractivity contribution < 1.29 is 8.78 Å². The maximum atomic E-state index is 15.2. The summed E-state index contributed by atoms with van der Waals surface area (Å²) in [6.07, 6.45) is 7.79. The number of fused-ring (bicyclic) bond motifs is 12. The highest BCUT2D eigenvalue weighted by Gasteiger charge is 2.29. The molecule has 12 rings (SSSR count). The van der Waals surface area contributed by atoms with Crippen molar-refractivity contribution in [1.29, 1.82) is 0 Å². The number of anilines is 5. The zero-order valence-corrected chi connectivity index (χ0v) is 40.0. The molecule has 0 radical (unpaired) electrons. The molecular weight excluding hydrogens is 851 g/mol. The summed E-state index contributed by atoms with van der Waals surface area (Å²) >= 11 is 0. The summed E-state index contributed by atoms with van der Waals surface area (Å²) in [5.41, 5.74) is 14.3. The van der Waals surface area contributed by atoms with Gasteiger partial charge in [0, 0.05) is 65.8 Å². The van der Waals surface area contributed by atoms with E-state index in [2.05, 4.69) is 158 Å². The van der Waals surface area contributed by atoms with Crippen LogP contribution in [0.2, 0.25) is 0 Å². The lowest BCUT2D eigenvalue weighted by Crippen LogP contribution is -2.15. The average Bonchev–Trinajstić information content (AvgIpc) is 4.05. The van der Waals surface area contributed by atoms with E-state index in [0.717, 1.165) is 110 Å². The molecule has 0 aliphatic rings. The van der Waals surface area contributed by atoms with E-state index >= 15 is 8.78 Å². The topological polar surface area (TPSA) is 15.3 Å². The zero-order chi connectivity index (χ0) is 47.7. The van der Waals surface area contributed by atoms with Crippen molar-refractivity contribution in [2.45, 2.75) is 59.3 Å². The van der Waals surface area contributed by atoms with Crippen molar-refractivity contribution in [3.8, 4) is 0 Å². The first-order valence-electron chi connectivity index (χ1n) is 23.8. The van der Waals surface area contributed by atoms with E-state index in [1.54, 1.807) is 30.3 Å². The molecule has 0 atom stereocenters. The van der Waals surface area contributed by atoms with Crippen LogP contribution in [0.15, 0.2) is 188 Å². The Labute approximate surface area is 400 Å². The lowest BCUT2D eigenvalue weighted by atomic mass is 9.86. The maximum Gasteiger partial charge on any atom is 0.125 e. The van der Waals surface area contributed by atoms with Crippen LogP contribution in [0.4, 0.5) is 37.2 Å². The molecule has 0 aliphatic carbocycles. The first-order valence-corrected chi connectivity index (χ1v) is 23.8. The van der Waals surface area contributed by atoms with Crippen molar-refractivity contribution in [2.75, 3.05) is 9.80 Å². The van der Waals surface area contributed by atoms with Gasteiger partial charge in [-0.25, -0.2) is 8.78 Å². The van der Waals surface area contributed by atoms with E-state index in [1.807, 2.05) is 49.4 Å². The van der Waals surface area contributed by atoms with Gasteiger partial charge in [-0.3, -0.25) is 0 Å². The summed E-state index contributed by atoms with van der Waals surface area (Å²) in [6.45, 7) is 19.5. The number of halogens is 2. The summed E-state index contributed by atoms with van der Waals surface area (Å²) in [5.74, 6) is -0.584. The van der Waals surface area contributed by atoms with Crippen LogP contribution in [0.3, 0.4) is 0 Å². The van der Waals surface area contributed by atoms with Crippen LogP contribution < -0.4 is 9.80 Å². The van der Waals surface area contributed by atoms with E-state index in [4.69, 9.17) is 0 Å². The molecule has 0 unspecified atom stereocenters. The van der Waals surface area contributed by atoms with Gasteiger partial charge in [-0.1, -0.05) is 121 Å². The van der Waals surface area contributed by atoms with Crippen molar-refractivity contribution in [2.24, 2.45) is 0 Å². The summed E-state index contributed by atoms with van der Waals surface area (Å²) in [4.78, 5) is 4.37. The average molecular weight is 903 g/mol. The van der Waals surface area contributed by atoms with Crippen LogP contribution in [0.1, 0.15) is 59.6 Å². The smallest absolute Gasteiger partial charge is 0.125 e. The minimum atomic E-state index is -0.299. The molecule has 0 spiro atoms. The van der Waals surface area contributed by atoms with Crippen LogP contribution in [0.25, 0.3) is 76.2 Å². The van der Waals surface area contributed by atoms with Gasteiger partial charge in [-0.2, -0.15) is 0 Å². The molecule has 4 nitrogen and oxygen atoms in total. The fourth-order valence-electron chi connectivity index (χ4n) is 11.0. The van der Waals surface area contributed by atoms with Crippen molar-refractivity contribution >= 4 is 105 Å². The third-order valence-electron chi connectivity index (χ3n) is 14.3. The molecule has 0 saturated carbocycles. The van der Waals surface area contributed by atoms with E-state index < -0.39 is 0 Å². The molecule has 0 bridgehead atoms. The van der Waals surface area contributed by atoms with Crippen LogP contribution >= 0.6 is 0 Å². The monoisotopic (exact) mass is 902 g/mol. The number of allylic oxidation sites excluding steroid dienone is 4. The van der Waals surface area contributed by atoms with Crippen molar-refractivity contribution in [3.63, 3.8) is 0 Å². The normalized spacial score (nSPS) is 13.1. The number of aromatic nitrogens is 2. The number of para-hydroxylation sites is 1. The molecule has 0 amide bonds. The van der Waals surface area contributed by atoms with Gasteiger partial charge in [0.1, 0.15) is 11.6 Å². The van der Waals surface area contributed by atoms with Gasteiger partial charge in [-0.05, 0) is 132 Å². The van der Waals surface area contributed by atoms with Crippen LogP contribution in [-0.2, 0) is 10.8 Å². The molecule has 0 saturated heterocycles. The van der Waals surface area contributed by atoms with Gasteiger partial charge in [0.05, 0.1) is 44.5 Å². The molecule has 6 heteroatoms. The molecule has 338 valence electrons. The number of hydrogen-bond donors (Lipinski definition) is 0. The Morgan fingerprint density at radius 1 is 0.493 bits per heavy atom. The fraction of sp³-hybridized carbons (Fsp3) is 0.143. The molecule has 8 aromatic carbocycles. The zero-order valence-electron chi connectivity index (χ0n) is 40.0. The van der Waals surface area contributed by atoms with E-state index in [1.165, 1.54) is 23.3 Å². The molecule has 0 N–H and O–H groups in total. The lowest BCUT2D eigenvalue weighted by Gasteiger charge is -2.27. The fourth-order valence-corrected chi connectivity index (χ4v) is 11.0. The van der Waals surface area contributed by atoms with Crippen LogP contribution in [0, 0.1) is 11.6 Å². The molecule has 0 fully saturated rings. The lowest BCUT2D eigenvalue weighted by molar-refractivity contribution is 0.591. The summed E-state index contributed by atoms with van der Waals surface area (Å²) < 4.78 is 35.4. The predicted molar refractivity (Wildman–Crippen MR) is 289 cm³/mol. The highest BCUT2D eigenvalue weighted by atomic mass is 19.1. The summed E-state index contributed by atoms with van der Waals surface area (Å²) in [5, 5.41) is 9.11. The summed E-state index contributed by atoms with van der Waals surface area (Å²) in [7, 11) is 0. The second-order valence-electron chi connectivity index (χ2n) is 20.5. The Kier molecular flexibility index (Phi) is 9.39. The van der Waals surface area contributed by atoms with Gasteiger partial charge in [-0.15, -0.1) is 0 Å². The Hall–Kier alpha value is -7.96. The number of rotatable bonds is 8. The number of hydrogen-bond acceptors (Lipinski definition) is 2. The SMILES string of the molecule is C=C/C=C\C(=C/C)N(c1cccc(F)c1)c1ccc2c3cc4c(cc3n3c5ccc(C(C)(C)C)cc5c1c23)c1ccc(N(c2ccccc2)c2cccc(F)c2)c2c3cc(C(C)(C)C)ccc3n4c12. The second kappa shape index (κ2) is 15.3. The van der Waals surface area contributed by atoms with Crippen LogP contribution in [-0.4, -0.2) is 8.80 Å². The molecule has 4 aromatic heterocycles. The Morgan fingerprint density at radius 2 is 1.00 bits per heavy atom. The minimum absolute atomic E-state index is 0.0911. The molecule has 12 aromatic rings. The number of nitrogens with zero attached hydrogens (tertiary/aromatic N) is 4. The summed E-state index contributed by atoms with van der Waals surface area (Å²) in [6, 6.07) is 51.6. The van der Waals surface area contributed by atoms with Gasteiger partial charge in [0.25, 0.3) is 0 Å². The molecule has 0 aliphatic heterocycles. The minimum Gasteiger partial charge on any atom is -0.310 e. The third-order valence-corrected chi connectivity index (χ3v) is 14.3. The van der Waals surface area contributed by atoms with Gasteiger partial charge >= 0.3 is 0 Å². The molecule has 4 heterocycles. The highest BCUT2D eigenvalue weighted by Crippen LogP contribution is 2.51. The van der Waals surface area contributed by atoms with E-state index in [9.17, 15) is 0 Å². The first kappa shape index (κ1) is 42.4. The Morgan fingerprint density at radius 3 is 1.52 bits per heavy atom. The van der Waals surface area contributed by atoms with Gasteiger partial charge in [0.2, 0.25) is 0 Å². The quantitative estimate of drug-likeness (QED) is 0.141.